The lowest BCUT2D eigenvalue weighted by Gasteiger charge is -2.45. The van der Waals surface area contributed by atoms with Crippen molar-refractivity contribution >= 4 is 12.3 Å². The number of rotatable bonds is 3. The first kappa shape index (κ1) is 17.4. The highest BCUT2D eigenvalue weighted by molar-refractivity contribution is 5.69. The first-order chi connectivity index (χ1) is 12.1. The molecule has 3 aliphatic heterocycles. The third-order valence-electron chi connectivity index (χ3n) is 5.87. The Hall–Kier alpha value is -1.02. The van der Waals surface area contributed by atoms with E-state index in [0.717, 1.165) is 38.4 Å². The van der Waals surface area contributed by atoms with Crippen LogP contribution in [0.25, 0.3) is 0 Å². The van der Waals surface area contributed by atoms with E-state index in [4.69, 9.17) is 23.7 Å². The summed E-state index contributed by atoms with van der Waals surface area (Å²) in [5.74, 6) is -0.888. The van der Waals surface area contributed by atoms with E-state index in [-0.39, 0.29) is 36.8 Å². The molecule has 0 aromatic heterocycles. The fourth-order valence-corrected chi connectivity index (χ4v) is 4.63. The summed E-state index contributed by atoms with van der Waals surface area (Å²) in [7, 11) is 1.38. The molecule has 140 valence electrons. The normalized spacial score (nSPS) is 42.4. The van der Waals surface area contributed by atoms with Gasteiger partial charge in [0, 0.05) is 12.8 Å². The van der Waals surface area contributed by atoms with Gasteiger partial charge in [0.1, 0.15) is 24.4 Å². The first-order valence-electron chi connectivity index (χ1n) is 9.33. The van der Waals surface area contributed by atoms with Gasteiger partial charge in [-0.1, -0.05) is 6.42 Å². The molecular formula is C18H26O7. The van der Waals surface area contributed by atoms with Gasteiger partial charge in [-0.3, -0.25) is 4.79 Å². The van der Waals surface area contributed by atoms with Crippen LogP contribution in [0.2, 0.25) is 0 Å². The van der Waals surface area contributed by atoms with Crippen molar-refractivity contribution in [2.75, 3.05) is 7.11 Å². The van der Waals surface area contributed by atoms with Crippen LogP contribution >= 0.6 is 0 Å². The fraction of sp³-hybridized carbons (Fsp3) is 0.889. The quantitative estimate of drug-likeness (QED) is 0.561. The molecule has 0 amide bonds. The van der Waals surface area contributed by atoms with Gasteiger partial charge in [0.2, 0.25) is 0 Å². The Morgan fingerprint density at radius 3 is 2.56 bits per heavy atom. The van der Waals surface area contributed by atoms with Crippen LogP contribution in [0.4, 0.5) is 0 Å². The standard InChI is InChI=1S/C18H26O7/c1-21-14(20)9-11-5-6-12-15(22-11)17-16(13(10-19)23-12)24-18(25-17)7-3-2-4-8-18/h10-13,15-17H,2-9H2,1H3/t11-,12+,13+,15?,16-,17+/m1/s1. The summed E-state index contributed by atoms with van der Waals surface area (Å²) in [5, 5.41) is 0. The van der Waals surface area contributed by atoms with Crippen LogP contribution in [0, 0.1) is 0 Å². The zero-order valence-electron chi connectivity index (χ0n) is 14.6. The van der Waals surface area contributed by atoms with E-state index in [1.807, 2.05) is 0 Å². The Morgan fingerprint density at radius 1 is 1.08 bits per heavy atom. The highest BCUT2D eigenvalue weighted by Crippen LogP contribution is 2.47. The molecule has 7 heteroatoms. The van der Waals surface area contributed by atoms with E-state index in [1.165, 1.54) is 13.5 Å². The minimum Gasteiger partial charge on any atom is -0.469 e. The summed E-state index contributed by atoms with van der Waals surface area (Å²) < 4.78 is 29.5. The predicted molar refractivity (Wildman–Crippen MR) is 84.8 cm³/mol. The maximum Gasteiger partial charge on any atom is 0.308 e. The number of hydrogen-bond acceptors (Lipinski definition) is 7. The van der Waals surface area contributed by atoms with Gasteiger partial charge in [-0.25, -0.2) is 0 Å². The lowest BCUT2D eigenvalue weighted by molar-refractivity contribution is -0.235. The van der Waals surface area contributed by atoms with Crippen LogP contribution in [0.1, 0.15) is 51.4 Å². The van der Waals surface area contributed by atoms with Gasteiger partial charge in [-0.05, 0) is 25.7 Å². The number of aldehydes is 1. The molecule has 3 heterocycles. The lowest BCUT2D eigenvalue weighted by atomic mass is 9.89. The van der Waals surface area contributed by atoms with Crippen molar-refractivity contribution in [3.05, 3.63) is 0 Å². The molecule has 7 nitrogen and oxygen atoms in total. The van der Waals surface area contributed by atoms with Gasteiger partial charge in [0.25, 0.3) is 0 Å². The van der Waals surface area contributed by atoms with E-state index in [0.29, 0.717) is 6.42 Å². The van der Waals surface area contributed by atoms with Crippen molar-refractivity contribution in [1.29, 1.82) is 0 Å². The van der Waals surface area contributed by atoms with Crippen molar-refractivity contribution in [1.82, 2.24) is 0 Å². The van der Waals surface area contributed by atoms with Crippen molar-refractivity contribution in [2.24, 2.45) is 0 Å². The van der Waals surface area contributed by atoms with Gasteiger partial charge in [-0.15, -0.1) is 0 Å². The maximum absolute atomic E-state index is 11.6. The number of carbonyl (C=O) groups excluding carboxylic acids is 2. The molecule has 0 N–H and O–H groups in total. The molecular weight excluding hydrogens is 328 g/mol. The number of hydrogen-bond donors (Lipinski definition) is 0. The lowest BCUT2D eigenvalue weighted by Crippen LogP contribution is -2.60. The topological polar surface area (TPSA) is 80.3 Å². The Labute approximate surface area is 147 Å². The zero-order chi connectivity index (χ0) is 17.4. The van der Waals surface area contributed by atoms with Crippen LogP contribution < -0.4 is 0 Å². The predicted octanol–water partition coefficient (Wildman–Crippen LogP) is 1.51. The molecule has 3 saturated heterocycles. The van der Waals surface area contributed by atoms with Crippen molar-refractivity contribution < 1.29 is 33.3 Å². The SMILES string of the molecule is COC(=O)C[C@H]1CC[C@@H]2O[C@@H](C=O)[C@H]3OC4(CCCCC4)O[C@H]3C2O1. The fourth-order valence-electron chi connectivity index (χ4n) is 4.63. The summed E-state index contributed by atoms with van der Waals surface area (Å²) >= 11 is 0. The second-order valence-electron chi connectivity index (χ2n) is 7.49. The van der Waals surface area contributed by atoms with Crippen molar-refractivity contribution in [3.8, 4) is 0 Å². The number of methoxy groups -OCH3 is 1. The molecule has 1 unspecified atom stereocenters. The summed E-state index contributed by atoms with van der Waals surface area (Å²) in [6, 6.07) is 0. The Bertz CT molecular complexity index is 516. The Morgan fingerprint density at radius 2 is 1.84 bits per heavy atom. The van der Waals surface area contributed by atoms with E-state index in [1.54, 1.807) is 0 Å². The van der Waals surface area contributed by atoms with Gasteiger partial charge in [0.05, 0.1) is 25.7 Å². The number of esters is 1. The van der Waals surface area contributed by atoms with E-state index < -0.39 is 18.0 Å². The van der Waals surface area contributed by atoms with Gasteiger partial charge < -0.3 is 28.5 Å². The number of carbonyl (C=O) groups is 2. The van der Waals surface area contributed by atoms with Crippen LogP contribution in [-0.2, 0) is 33.3 Å². The summed E-state index contributed by atoms with van der Waals surface area (Å²) in [6.45, 7) is 0. The molecule has 25 heavy (non-hydrogen) atoms. The van der Waals surface area contributed by atoms with Crippen LogP contribution in [0.15, 0.2) is 0 Å². The molecule has 0 radical (unpaired) electrons. The average molecular weight is 354 g/mol. The summed E-state index contributed by atoms with van der Waals surface area (Å²) in [6.07, 6.45) is 5.36. The molecule has 6 atom stereocenters. The highest BCUT2D eigenvalue weighted by atomic mass is 16.8. The second-order valence-corrected chi connectivity index (χ2v) is 7.49. The minimum atomic E-state index is -0.617. The monoisotopic (exact) mass is 354 g/mol. The molecule has 1 spiro atoms. The molecule has 0 bridgehead atoms. The summed E-state index contributed by atoms with van der Waals surface area (Å²) in [4.78, 5) is 23.1. The zero-order valence-corrected chi connectivity index (χ0v) is 14.6. The van der Waals surface area contributed by atoms with Crippen LogP contribution in [-0.4, -0.2) is 61.8 Å². The van der Waals surface area contributed by atoms with Crippen LogP contribution in [0.5, 0.6) is 0 Å². The molecule has 4 fully saturated rings. The first-order valence-corrected chi connectivity index (χ1v) is 9.33. The summed E-state index contributed by atoms with van der Waals surface area (Å²) in [5.41, 5.74) is 0. The number of fused-ring (bicyclic) bond motifs is 3. The maximum atomic E-state index is 11.6. The Balaban J connectivity index is 1.51. The molecule has 0 aromatic carbocycles. The van der Waals surface area contributed by atoms with E-state index in [9.17, 15) is 9.59 Å². The Kier molecular flexibility index (Phi) is 4.83. The minimum absolute atomic E-state index is 0.201. The van der Waals surface area contributed by atoms with Gasteiger partial charge in [0.15, 0.2) is 12.1 Å². The van der Waals surface area contributed by atoms with Crippen molar-refractivity contribution in [3.63, 3.8) is 0 Å². The van der Waals surface area contributed by atoms with E-state index in [2.05, 4.69) is 0 Å². The molecule has 1 saturated carbocycles. The molecule has 0 aromatic rings. The third-order valence-corrected chi connectivity index (χ3v) is 5.87. The molecule has 1 aliphatic carbocycles. The van der Waals surface area contributed by atoms with Gasteiger partial charge in [-0.2, -0.15) is 0 Å². The number of ether oxygens (including phenoxy) is 5. The van der Waals surface area contributed by atoms with Gasteiger partial charge >= 0.3 is 5.97 Å². The van der Waals surface area contributed by atoms with E-state index >= 15 is 0 Å². The van der Waals surface area contributed by atoms with Crippen LogP contribution in [0.3, 0.4) is 0 Å². The second kappa shape index (κ2) is 6.95. The molecule has 4 rings (SSSR count). The largest absolute Gasteiger partial charge is 0.469 e. The smallest absolute Gasteiger partial charge is 0.308 e. The highest BCUT2D eigenvalue weighted by Gasteiger charge is 2.59. The average Bonchev–Trinajstić information content (AvgIpc) is 3.00. The third kappa shape index (κ3) is 3.23. The molecule has 4 aliphatic rings. The van der Waals surface area contributed by atoms with Crippen molar-refractivity contribution in [2.45, 2.75) is 93.8 Å².